The predicted molar refractivity (Wildman–Crippen MR) is 92.8 cm³/mol. The lowest BCUT2D eigenvalue weighted by Crippen LogP contribution is -2.48. The maximum atomic E-state index is 13.0. The summed E-state index contributed by atoms with van der Waals surface area (Å²) in [5.74, 6) is 0.984. The van der Waals surface area contributed by atoms with E-state index in [0.717, 1.165) is 49.7 Å². The van der Waals surface area contributed by atoms with Crippen molar-refractivity contribution in [3.63, 3.8) is 0 Å². The Morgan fingerprint density at radius 3 is 2.83 bits per heavy atom. The molecule has 1 amide bonds. The molecule has 0 aliphatic carbocycles. The van der Waals surface area contributed by atoms with Crippen LogP contribution in [0.5, 0.6) is 0 Å². The molecule has 124 valence electrons. The van der Waals surface area contributed by atoms with E-state index in [1.165, 1.54) is 11.1 Å². The second-order valence-electron chi connectivity index (χ2n) is 6.65. The lowest BCUT2D eigenvalue weighted by Gasteiger charge is -2.34. The van der Waals surface area contributed by atoms with Crippen molar-refractivity contribution in [2.45, 2.75) is 39.3 Å². The van der Waals surface area contributed by atoms with Crippen molar-refractivity contribution in [1.29, 1.82) is 0 Å². The summed E-state index contributed by atoms with van der Waals surface area (Å²) in [5.41, 5.74) is 4.62. The number of anilines is 1. The lowest BCUT2D eigenvalue weighted by molar-refractivity contribution is -0.123. The molecule has 24 heavy (non-hydrogen) atoms. The Hall–Kier alpha value is -2.27. The first-order valence-electron chi connectivity index (χ1n) is 8.58. The number of nitrogens with zero attached hydrogens (tertiary/aromatic N) is 4. The van der Waals surface area contributed by atoms with Crippen LogP contribution in [0.4, 0.5) is 5.69 Å². The van der Waals surface area contributed by atoms with E-state index in [4.69, 9.17) is 0 Å². The number of fused-ring (bicyclic) bond motifs is 2. The molecule has 0 saturated carbocycles. The molecule has 2 aliphatic heterocycles. The fraction of sp³-hybridized carbons (Fsp3) is 0.421. The van der Waals surface area contributed by atoms with Gasteiger partial charge >= 0.3 is 0 Å². The average Bonchev–Trinajstić information content (AvgIpc) is 3.04. The molecule has 0 bridgehead atoms. The smallest absolute Gasteiger partial charge is 0.244 e. The number of carbonyl (C=O) groups excluding carboxylic acids is 1. The minimum absolute atomic E-state index is 0.139. The number of aromatic nitrogens is 2. The van der Waals surface area contributed by atoms with E-state index in [1.54, 1.807) is 0 Å². The molecule has 0 spiro atoms. The van der Waals surface area contributed by atoms with E-state index < -0.39 is 0 Å². The summed E-state index contributed by atoms with van der Waals surface area (Å²) in [5, 5.41) is 0. The Morgan fingerprint density at radius 1 is 1.17 bits per heavy atom. The van der Waals surface area contributed by atoms with Gasteiger partial charge in [-0.1, -0.05) is 18.2 Å². The molecule has 4 rings (SSSR count). The first-order chi connectivity index (χ1) is 11.6. The molecule has 1 aromatic carbocycles. The molecule has 5 nitrogen and oxygen atoms in total. The lowest BCUT2D eigenvalue weighted by atomic mass is 10.0. The Kier molecular flexibility index (Phi) is 3.81. The number of aryl methyl sites for hydroxylation is 1. The number of carbonyl (C=O) groups is 1. The maximum Gasteiger partial charge on any atom is 0.244 e. The second kappa shape index (κ2) is 5.98. The predicted octanol–water partition coefficient (Wildman–Crippen LogP) is 2.12. The van der Waals surface area contributed by atoms with Crippen LogP contribution in [-0.4, -0.2) is 39.9 Å². The van der Waals surface area contributed by atoms with Gasteiger partial charge in [0.25, 0.3) is 0 Å². The molecule has 3 heterocycles. The van der Waals surface area contributed by atoms with Gasteiger partial charge in [0.05, 0.1) is 11.7 Å². The van der Waals surface area contributed by atoms with Gasteiger partial charge in [0.15, 0.2) is 0 Å². The van der Waals surface area contributed by atoms with Gasteiger partial charge in [0.1, 0.15) is 5.82 Å². The third-order valence-corrected chi connectivity index (χ3v) is 5.15. The molecule has 0 saturated heterocycles. The quantitative estimate of drug-likeness (QED) is 0.850. The van der Waals surface area contributed by atoms with Crippen LogP contribution in [0.25, 0.3) is 0 Å². The van der Waals surface area contributed by atoms with E-state index in [9.17, 15) is 4.79 Å². The standard InChI is InChI=1S/C19H22N4O/c1-13(19(24)23-10-8-15-5-3-4-6-18(15)23)22-9-7-16-11-20-14(2)21-17(16)12-22/h3-6,11,13H,7-10,12H2,1-2H3/t13-/m0/s1. The minimum atomic E-state index is -0.139. The van der Waals surface area contributed by atoms with E-state index in [2.05, 4.69) is 27.0 Å². The van der Waals surface area contributed by atoms with Gasteiger partial charge in [-0.2, -0.15) is 0 Å². The Labute approximate surface area is 142 Å². The summed E-state index contributed by atoms with van der Waals surface area (Å²) in [4.78, 5) is 26.1. The van der Waals surface area contributed by atoms with Gasteiger partial charge in [-0.15, -0.1) is 0 Å². The third-order valence-electron chi connectivity index (χ3n) is 5.15. The first-order valence-corrected chi connectivity index (χ1v) is 8.58. The van der Waals surface area contributed by atoms with Crippen molar-refractivity contribution >= 4 is 11.6 Å². The fourth-order valence-electron chi connectivity index (χ4n) is 3.70. The SMILES string of the molecule is Cc1ncc2c(n1)CN([C@@H](C)C(=O)N1CCc3ccccc31)CC2. The molecule has 5 heteroatoms. The van der Waals surface area contributed by atoms with Crippen LogP contribution in [-0.2, 0) is 24.2 Å². The zero-order chi connectivity index (χ0) is 16.7. The van der Waals surface area contributed by atoms with Crippen molar-refractivity contribution in [3.05, 3.63) is 53.1 Å². The van der Waals surface area contributed by atoms with Gasteiger partial charge in [-0.3, -0.25) is 9.69 Å². The largest absolute Gasteiger partial charge is 0.310 e. The van der Waals surface area contributed by atoms with Crippen molar-refractivity contribution in [1.82, 2.24) is 14.9 Å². The Bertz CT molecular complexity index is 789. The van der Waals surface area contributed by atoms with Gasteiger partial charge in [0, 0.05) is 31.5 Å². The van der Waals surface area contributed by atoms with Crippen molar-refractivity contribution in [3.8, 4) is 0 Å². The monoisotopic (exact) mass is 322 g/mol. The minimum Gasteiger partial charge on any atom is -0.310 e. The summed E-state index contributed by atoms with van der Waals surface area (Å²) in [7, 11) is 0. The molecule has 1 aromatic heterocycles. The molecule has 0 fully saturated rings. The second-order valence-corrected chi connectivity index (χ2v) is 6.65. The topological polar surface area (TPSA) is 49.3 Å². The van der Waals surface area contributed by atoms with Gasteiger partial charge in [-0.05, 0) is 43.9 Å². The summed E-state index contributed by atoms with van der Waals surface area (Å²) in [6.45, 7) is 6.31. The van der Waals surface area contributed by atoms with Crippen molar-refractivity contribution < 1.29 is 4.79 Å². The molecule has 0 N–H and O–H groups in total. The van der Waals surface area contributed by atoms with Crippen LogP contribution in [0.15, 0.2) is 30.5 Å². The number of rotatable bonds is 2. The van der Waals surface area contributed by atoms with E-state index in [-0.39, 0.29) is 11.9 Å². The highest BCUT2D eigenvalue weighted by atomic mass is 16.2. The number of hydrogen-bond donors (Lipinski definition) is 0. The molecule has 1 atom stereocenters. The number of para-hydroxylation sites is 1. The normalized spacial score (nSPS) is 18.2. The van der Waals surface area contributed by atoms with Crippen molar-refractivity contribution in [2.24, 2.45) is 0 Å². The highest BCUT2D eigenvalue weighted by Crippen LogP contribution is 2.29. The fourth-order valence-corrected chi connectivity index (χ4v) is 3.70. The molecule has 0 radical (unpaired) electrons. The molecular weight excluding hydrogens is 300 g/mol. The van der Waals surface area contributed by atoms with Crippen LogP contribution in [0.1, 0.15) is 29.6 Å². The molecular formula is C19H22N4O. The van der Waals surface area contributed by atoms with Crippen LogP contribution in [0.3, 0.4) is 0 Å². The third kappa shape index (κ3) is 2.59. The zero-order valence-electron chi connectivity index (χ0n) is 14.2. The van der Waals surface area contributed by atoms with Crippen LogP contribution in [0.2, 0.25) is 0 Å². The number of hydrogen-bond acceptors (Lipinski definition) is 4. The maximum absolute atomic E-state index is 13.0. The highest BCUT2D eigenvalue weighted by Gasteiger charge is 2.32. The Balaban J connectivity index is 1.52. The number of amides is 1. The van der Waals surface area contributed by atoms with Gasteiger partial charge in [-0.25, -0.2) is 9.97 Å². The summed E-state index contributed by atoms with van der Waals surface area (Å²) in [6.07, 6.45) is 3.78. The first kappa shape index (κ1) is 15.3. The average molecular weight is 322 g/mol. The van der Waals surface area contributed by atoms with E-state index in [1.807, 2.05) is 37.1 Å². The van der Waals surface area contributed by atoms with E-state index >= 15 is 0 Å². The molecule has 2 aliphatic rings. The Morgan fingerprint density at radius 2 is 1.96 bits per heavy atom. The zero-order valence-corrected chi connectivity index (χ0v) is 14.2. The number of benzene rings is 1. The summed E-state index contributed by atoms with van der Waals surface area (Å²) in [6, 6.07) is 8.07. The van der Waals surface area contributed by atoms with Crippen molar-refractivity contribution in [2.75, 3.05) is 18.0 Å². The van der Waals surface area contributed by atoms with Crippen LogP contribution >= 0.6 is 0 Å². The summed E-state index contributed by atoms with van der Waals surface area (Å²) < 4.78 is 0. The molecule has 0 unspecified atom stereocenters. The summed E-state index contributed by atoms with van der Waals surface area (Å²) >= 11 is 0. The van der Waals surface area contributed by atoms with Crippen LogP contribution < -0.4 is 4.90 Å². The molecule has 2 aromatic rings. The van der Waals surface area contributed by atoms with Crippen LogP contribution in [0, 0.1) is 6.92 Å². The highest BCUT2D eigenvalue weighted by molar-refractivity contribution is 5.98. The van der Waals surface area contributed by atoms with E-state index in [0.29, 0.717) is 0 Å². The van der Waals surface area contributed by atoms with Gasteiger partial charge in [0.2, 0.25) is 5.91 Å². The van der Waals surface area contributed by atoms with Gasteiger partial charge < -0.3 is 4.90 Å².